The smallest absolute Gasteiger partial charge is 0.0585 e. The molecule has 0 aromatic carbocycles. The Morgan fingerprint density at radius 2 is 2.21 bits per heavy atom. The second kappa shape index (κ2) is 6.48. The van der Waals surface area contributed by atoms with Gasteiger partial charge in [0.1, 0.15) is 0 Å². The van der Waals surface area contributed by atoms with Crippen LogP contribution < -0.4 is 5.32 Å². The van der Waals surface area contributed by atoms with E-state index in [-0.39, 0.29) is 19.3 Å². The van der Waals surface area contributed by atoms with Crippen molar-refractivity contribution in [3.8, 4) is 0 Å². The minimum atomic E-state index is -0.0537. The highest BCUT2D eigenvalue weighted by Crippen LogP contribution is 1.95. The highest BCUT2D eigenvalue weighted by molar-refractivity contribution is 5.03. The molecule has 0 aliphatic carbocycles. The number of aliphatic hydroxyl groups excluding tert-OH is 2. The van der Waals surface area contributed by atoms with E-state index in [1.54, 1.807) is 6.20 Å². The van der Waals surface area contributed by atoms with Gasteiger partial charge in [0.25, 0.3) is 0 Å². The molecule has 0 spiro atoms. The van der Waals surface area contributed by atoms with Crippen molar-refractivity contribution in [2.45, 2.75) is 19.0 Å². The van der Waals surface area contributed by atoms with Gasteiger partial charge in [-0.1, -0.05) is 6.07 Å². The Morgan fingerprint density at radius 1 is 1.36 bits per heavy atom. The van der Waals surface area contributed by atoms with Crippen molar-refractivity contribution >= 4 is 0 Å². The summed E-state index contributed by atoms with van der Waals surface area (Å²) in [7, 11) is 0. The average molecular weight is 196 g/mol. The van der Waals surface area contributed by atoms with Gasteiger partial charge in [0.2, 0.25) is 0 Å². The molecular formula is C10H16N2O2. The van der Waals surface area contributed by atoms with Crippen molar-refractivity contribution in [1.82, 2.24) is 10.3 Å². The second-order valence-corrected chi connectivity index (χ2v) is 3.09. The molecule has 1 rings (SSSR count). The van der Waals surface area contributed by atoms with E-state index >= 15 is 0 Å². The highest BCUT2D eigenvalue weighted by atomic mass is 16.3. The molecule has 4 heteroatoms. The minimum Gasteiger partial charge on any atom is -0.396 e. The van der Waals surface area contributed by atoms with Crippen LogP contribution in [0.15, 0.2) is 24.4 Å². The Kier molecular flexibility index (Phi) is 5.14. The Morgan fingerprint density at radius 3 is 2.79 bits per heavy atom. The third-order valence-electron chi connectivity index (χ3n) is 2.00. The maximum Gasteiger partial charge on any atom is 0.0585 e. The molecule has 1 unspecified atom stereocenters. The first-order valence-corrected chi connectivity index (χ1v) is 4.72. The van der Waals surface area contributed by atoms with Crippen LogP contribution in [0, 0.1) is 0 Å². The number of aromatic nitrogens is 1. The lowest BCUT2D eigenvalue weighted by molar-refractivity contribution is 0.199. The summed E-state index contributed by atoms with van der Waals surface area (Å²) >= 11 is 0. The van der Waals surface area contributed by atoms with Crippen molar-refractivity contribution in [3.63, 3.8) is 0 Å². The van der Waals surface area contributed by atoms with E-state index in [9.17, 15) is 0 Å². The predicted molar refractivity (Wildman–Crippen MR) is 53.7 cm³/mol. The van der Waals surface area contributed by atoms with Gasteiger partial charge in [-0.25, -0.2) is 0 Å². The van der Waals surface area contributed by atoms with Gasteiger partial charge >= 0.3 is 0 Å². The standard InChI is InChI=1S/C10H16N2O2/c13-6-4-10(8-14)12-7-9-3-1-2-5-11-9/h1-3,5,10,12-14H,4,6-8H2. The van der Waals surface area contributed by atoms with Crippen molar-refractivity contribution < 1.29 is 10.2 Å². The summed E-state index contributed by atoms with van der Waals surface area (Å²) < 4.78 is 0. The van der Waals surface area contributed by atoms with Gasteiger partial charge < -0.3 is 15.5 Å². The summed E-state index contributed by atoms with van der Waals surface area (Å²) in [6.07, 6.45) is 2.29. The van der Waals surface area contributed by atoms with Gasteiger partial charge in [-0.2, -0.15) is 0 Å². The number of aliphatic hydroxyl groups is 2. The largest absolute Gasteiger partial charge is 0.396 e. The van der Waals surface area contributed by atoms with E-state index in [0.29, 0.717) is 13.0 Å². The van der Waals surface area contributed by atoms with Crippen molar-refractivity contribution in [3.05, 3.63) is 30.1 Å². The molecular weight excluding hydrogens is 180 g/mol. The van der Waals surface area contributed by atoms with Gasteiger partial charge in [0.05, 0.1) is 12.3 Å². The number of hydrogen-bond acceptors (Lipinski definition) is 4. The first kappa shape index (κ1) is 11.1. The molecule has 4 nitrogen and oxygen atoms in total. The van der Waals surface area contributed by atoms with E-state index in [1.165, 1.54) is 0 Å². The maximum atomic E-state index is 8.94. The Bertz CT molecular complexity index is 241. The molecule has 0 saturated carbocycles. The van der Waals surface area contributed by atoms with Gasteiger partial charge in [0.15, 0.2) is 0 Å². The fourth-order valence-electron chi connectivity index (χ4n) is 1.17. The van der Waals surface area contributed by atoms with E-state index in [0.717, 1.165) is 5.69 Å². The minimum absolute atomic E-state index is 0.0351. The lowest BCUT2D eigenvalue weighted by Gasteiger charge is -2.14. The molecule has 0 radical (unpaired) electrons. The van der Waals surface area contributed by atoms with Crippen LogP contribution in [0.2, 0.25) is 0 Å². The number of rotatable bonds is 6. The summed E-state index contributed by atoms with van der Waals surface area (Å²) in [5.74, 6) is 0. The zero-order chi connectivity index (χ0) is 10.2. The molecule has 14 heavy (non-hydrogen) atoms. The van der Waals surface area contributed by atoms with Crippen LogP contribution in [0.3, 0.4) is 0 Å². The van der Waals surface area contributed by atoms with Crippen LogP contribution in [0.1, 0.15) is 12.1 Å². The monoisotopic (exact) mass is 196 g/mol. The summed E-state index contributed by atoms with van der Waals surface area (Å²) in [4.78, 5) is 4.14. The number of hydrogen-bond donors (Lipinski definition) is 3. The molecule has 0 bridgehead atoms. The van der Waals surface area contributed by atoms with Crippen LogP contribution in [-0.2, 0) is 6.54 Å². The third-order valence-corrected chi connectivity index (χ3v) is 2.00. The first-order valence-electron chi connectivity index (χ1n) is 4.72. The zero-order valence-corrected chi connectivity index (χ0v) is 8.06. The van der Waals surface area contributed by atoms with E-state index < -0.39 is 0 Å². The van der Waals surface area contributed by atoms with Gasteiger partial charge in [-0.15, -0.1) is 0 Å². The lowest BCUT2D eigenvalue weighted by Crippen LogP contribution is -2.33. The summed E-state index contributed by atoms with van der Waals surface area (Å²) in [5.41, 5.74) is 0.934. The van der Waals surface area contributed by atoms with Gasteiger partial charge in [-0.05, 0) is 18.6 Å². The second-order valence-electron chi connectivity index (χ2n) is 3.09. The zero-order valence-electron chi connectivity index (χ0n) is 8.06. The molecule has 1 heterocycles. The van der Waals surface area contributed by atoms with Crippen LogP contribution in [0.25, 0.3) is 0 Å². The molecule has 1 aromatic rings. The molecule has 0 aliphatic heterocycles. The number of pyridine rings is 1. The topological polar surface area (TPSA) is 65.4 Å². The fourth-order valence-corrected chi connectivity index (χ4v) is 1.17. The highest BCUT2D eigenvalue weighted by Gasteiger charge is 2.05. The molecule has 1 atom stereocenters. The first-order chi connectivity index (χ1) is 6.86. The Labute approximate surface area is 83.6 Å². The van der Waals surface area contributed by atoms with Gasteiger partial charge in [0, 0.05) is 25.4 Å². The van der Waals surface area contributed by atoms with Gasteiger partial charge in [-0.3, -0.25) is 4.98 Å². The van der Waals surface area contributed by atoms with Crippen LogP contribution in [0.4, 0.5) is 0 Å². The third kappa shape index (κ3) is 3.83. The van der Waals surface area contributed by atoms with E-state index in [1.807, 2.05) is 18.2 Å². The number of nitrogens with zero attached hydrogens (tertiary/aromatic N) is 1. The maximum absolute atomic E-state index is 8.94. The average Bonchev–Trinajstić information content (AvgIpc) is 2.25. The van der Waals surface area contributed by atoms with Crippen molar-refractivity contribution in [2.75, 3.05) is 13.2 Å². The Balaban J connectivity index is 2.32. The molecule has 0 amide bonds. The molecule has 0 aliphatic rings. The van der Waals surface area contributed by atoms with Crippen LogP contribution in [-0.4, -0.2) is 34.5 Å². The van der Waals surface area contributed by atoms with Crippen molar-refractivity contribution in [2.24, 2.45) is 0 Å². The fraction of sp³-hybridized carbons (Fsp3) is 0.500. The summed E-state index contributed by atoms with van der Waals surface area (Å²) in [5, 5.41) is 20.8. The van der Waals surface area contributed by atoms with Crippen LogP contribution in [0.5, 0.6) is 0 Å². The SMILES string of the molecule is OCCC(CO)NCc1ccccn1. The van der Waals surface area contributed by atoms with E-state index in [4.69, 9.17) is 10.2 Å². The number of nitrogens with one attached hydrogen (secondary N) is 1. The normalized spacial score (nSPS) is 12.7. The quantitative estimate of drug-likeness (QED) is 0.595. The Hall–Kier alpha value is -0.970. The molecule has 3 N–H and O–H groups in total. The molecule has 0 fully saturated rings. The lowest BCUT2D eigenvalue weighted by atomic mass is 10.2. The predicted octanol–water partition coefficient (Wildman–Crippen LogP) is -0.0855. The summed E-state index contributed by atoms with van der Waals surface area (Å²) in [6, 6.07) is 5.65. The van der Waals surface area contributed by atoms with Crippen LogP contribution >= 0.6 is 0 Å². The summed E-state index contributed by atoms with van der Waals surface area (Å²) in [6.45, 7) is 0.736. The molecule has 1 aromatic heterocycles. The van der Waals surface area contributed by atoms with E-state index in [2.05, 4.69) is 10.3 Å². The molecule has 78 valence electrons. The molecule has 0 saturated heterocycles. The van der Waals surface area contributed by atoms with Crippen molar-refractivity contribution in [1.29, 1.82) is 0 Å².